The van der Waals surface area contributed by atoms with Crippen molar-refractivity contribution in [3.05, 3.63) is 35.9 Å². The first-order chi connectivity index (χ1) is 8.95. The molecular weight excluding hydrogens is 266 g/mol. The highest BCUT2D eigenvalue weighted by atomic mass is 32.2. The monoisotopic (exact) mass is 283 g/mol. The van der Waals surface area contributed by atoms with Crippen molar-refractivity contribution >= 4 is 22.1 Å². The smallest absolute Gasteiger partial charge is 0.218 e. The van der Waals surface area contributed by atoms with Gasteiger partial charge in [0.15, 0.2) is 0 Å². The minimum absolute atomic E-state index is 0.0449. The van der Waals surface area contributed by atoms with Gasteiger partial charge in [-0.3, -0.25) is 4.79 Å². The van der Waals surface area contributed by atoms with Crippen molar-refractivity contribution in [3.8, 4) is 0 Å². The topological polar surface area (TPSA) is 71.5 Å². The molecule has 0 unspecified atom stereocenters. The molecule has 0 spiro atoms. The zero-order valence-corrected chi connectivity index (χ0v) is 11.6. The van der Waals surface area contributed by atoms with Crippen LogP contribution in [0.4, 0.5) is 0 Å². The first-order valence-electron chi connectivity index (χ1n) is 5.90. The van der Waals surface area contributed by atoms with Gasteiger partial charge in [0.1, 0.15) is 12.1 Å². The van der Waals surface area contributed by atoms with E-state index in [-0.39, 0.29) is 31.0 Å². The van der Waals surface area contributed by atoms with E-state index in [0.29, 0.717) is 11.8 Å². The predicted octanol–water partition coefficient (Wildman–Crippen LogP) is 0.996. The summed E-state index contributed by atoms with van der Waals surface area (Å²) in [5, 5.41) is 0. The van der Waals surface area contributed by atoms with Gasteiger partial charge in [0.25, 0.3) is 0 Å². The second-order valence-electron chi connectivity index (χ2n) is 4.22. The summed E-state index contributed by atoms with van der Waals surface area (Å²) in [6, 6.07) is 8.73. The van der Waals surface area contributed by atoms with Gasteiger partial charge in [-0.15, -0.1) is 0 Å². The highest BCUT2D eigenvalue weighted by molar-refractivity contribution is 7.88. The Morgan fingerprint density at radius 2 is 1.89 bits per heavy atom. The molecule has 0 radical (unpaired) electrons. The number of carbonyl (C=O) groups excluding carboxylic acids is 2. The Balaban J connectivity index is 2.80. The Labute approximate surface area is 113 Å². The standard InChI is InChI=1S/C13H17NO4S/c1-12(16)7-8-14(9-10-15)19(17,18)11-13-5-3-2-4-6-13/h2-6,10H,7-9,11H2,1H3. The van der Waals surface area contributed by atoms with Crippen LogP contribution < -0.4 is 0 Å². The van der Waals surface area contributed by atoms with Crippen LogP contribution in [0.1, 0.15) is 18.9 Å². The fourth-order valence-corrected chi connectivity index (χ4v) is 3.04. The summed E-state index contributed by atoms with van der Waals surface area (Å²) in [6.07, 6.45) is 0.643. The fraction of sp³-hybridized carbons (Fsp3) is 0.385. The Kier molecular flexibility index (Phi) is 5.85. The molecule has 19 heavy (non-hydrogen) atoms. The van der Waals surface area contributed by atoms with Gasteiger partial charge < -0.3 is 4.79 Å². The van der Waals surface area contributed by atoms with Crippen molar-refractivity contribution in [1.82, 2.24) is 4.31 Å². The van der Waals surface area contributed by atoms with E-state index in [4.69, 9.17) is 0 Å². The van der Waals surface area contributed by atoms with E-state index in [1.54, 1.807) is 30.3 Å². The lowest BCUT2D eigenvalue weighted by Crippen LogP contribution is -2.35. The first-order valence-corrected chi connectivity index (χ1v) is 7.51. The molecule has 0 saturated heterocycles. The van der Waals surface area contributed by atoms with Gasteiger partial charge in [0.05, 0.1) is 12.3 Å². The van der Waals surface area contributed by atoms with Crippen molar-refractivity contribution in [2.45, 2.75) is 19.1 Å². The number of sulfonamides is 1. The summed E-state index contributed by atoms with van der Waals surface area (Å²) in [4.78, 5) is 21.5. The molecule has 0 amide bonds. The molecule has 5 nitrogen and oxygen atoms in total. The average molecular weight is 283 g/mol. The van der Waals surface area contributed by atoms with E-state index < -0.39 is 10.0 Å². The quantitative estimate of drug-likeness (QED) is 0.667. The summed E-state index contributed by atoms with van der Waals surface area (Å²) in [5.41, 5.74) is 0.654. The van der Waals surface area contributed by atoms with E-state index in [1.165, 1.54) is 6.92 Å². The summed E-state index contributed by atoms with van der Waals surface area (Å²) in [7, 11) is -3.58. The summed E-state index contributed by atoms with van der Waals surface area (Å²) >= 11 is 0. The van der Waals surface area contributed by atoms with Gasteiger partial charge >= 0.3 is 0 Å². The molecule has 0 aliphatic carbocycles. The zero-order chi connectivity index (χ0) is 14.3. The van der Waals surface area contributed by atoms with Crippen LogP contribution in [0.15, 0.2) is 30.3 Å². The van der Waals surface area contributed by atoms with Gasteiger partial charge in [0.2, 0.25) is 10.0 Å². The predicted molar refractivity (Wildman–Crippen MR) is 72.0 cm³/mol. The van der Waals surface area contributed by atoms with Crippen LogP contribution in [-0.4, -0.2) is 37.9 Å². The van der Waals surface area contributed by atoms with Gasteiger partial charge in [-0.2, -0.15) is 4.31 Å². The van der Waals surface area contributed by atoms with E-state index >= 15 is 0 Å². The number of hydrogen-bond acceptors (Lipinski definition) is 4. The molecule has 0 aliphatic heterocycles. The molecule has 0 saturated carbocycles. The van der Waals surface area contributed by atoms with Crippen LogP contribution in [0, 0.1) is 0 Å². The Morgan fingerprint density at radius 1 is 1.26 bits per heavy atom. The van der Waals surface area contributed by atoms with Crippen LogP contribution in [0.25, 0.3) is 0 Å². The SMILES string of the molecule is CC(=O)CCN(CC=O)S(=O)(=O)Cc1ccccc1. The molecule has 1 aromatic carbocycles. The molecular formula is C13H17NO4S. The van der Waals surface area contributed by atoms with Gasteiger partial charge in [-0.05, 0) is 12.5 Å². The minimum Gasteiger partial charge on any atom is -0.302 e. The highest BCUT2D eigenvalue weighted by Crippen LogP contribution is 2.10. The Hall–Kier alpha value is -1.53. The number of nitrogens with zero attached hydrogens (tertiary/aromatic N) is 1. The summed E-state index contributed by atoms with van der Waals surface area (Å²) in [6.45, 7) is 1.22. The molecule has 6 heteroatoms. The zero-order valence-electron chi connectivity index (χ0n) is 10.8. The van der Waals surface area contributed by atoms with Crippen molar-refractivity contribution < 1.29 is 18.0 Å². The molecule has 0 heterocycles. The van der Waals surface area contributed by atoms with E-state index in [0.717, 1.165) is 4.31 Å². The third-order valence-electron chi connectivity index (χ3n) is 2.58. The molecule has 0 atom stereocenters. The van der Waals surface area contributed by atoms with Crippen LogP contribution in [0.3, 0.4) is 0 Å². The van der Waals surface area contributed by atoms with Crippen LogP contribution in [-0.2, 0) is 25.4 Å². The second-order valence-corrected chi connectivity index (χ2v) is 6.19. The maximum atomic E-state index is 12.2. The number of carbonyl (C=O) groups is 2. The van der Waals surface area contributed by atoms with Crippen molar-refractivity contribution in [1.29, 1.82) is 0 Å². The van der Waals surface area contributed by atoms with Gasteiger partial charge in [-0.25, -0.2) is 8.42 Å². The molecule has 0 bridgehead atoms. The van der Waals surface area contributed by atoms with Crippen LogP contribution in [0.2, 0.25) is 0 Å². The number of hydrogen-bond donors (Lipinski definition) is 0. The van der Waals surface area contributed by atoms with Crippen molar-refractivity contribution in [3.63, 3.8) is 0 Å². The number of Topliss-reactive ketones (excluding diaryl/α,β-unsaturated/α-hetero) is 1. The lowest BCUT2D eigenvalue weighted by Gasteiger charge is -2.19. The molecule has 0 N–H and O–H groups in total. The summed E-state index contributed by atoms with van der Waals surface area (Å²) in [5.74, 6) is -0.273. The molecule has 0 aromatic heterocycles. The molecule has 0 fully saturated rings. The lowest BCUT2D eigenvalue weighted by molar-refractivity contribution is -0.117. The normalized spacial score (nSPS) is 11.5. The Bertz CT molecular complexity index is 525. The molecule has 1 aromatic rings. The maximum Gasteiger partial charge on any atom is 0.218 e. The third kappa shape index (κ3) is 5.32. The number of ketones is 1. The number of benzene rings is 1. The Morgan fingerprint density at radius 3 is 2.42 bits per heavy atom. The third-order valence-corrected chi connectivity index (χ3v) is 4.39. The van der Waals surface area contributed by atoms with Crippen molar-refractivity contribution in [2.75, 3.05) is 13.1 Å². The maximum absolute atomic E-state index is 12.2. The first kappa shape index (κ1) is 15.5. The van der Waals surface area contributed by atoms with Gasteiger partial charge in [0, 0.05) is 13.0 Å². The second kappa shape index (κ2) is 7.16. The van der Waals surface area contributed by atoms with Crippen LogP contribution in [0.5, 0.6) is 0 Å². The summed E-state index contributed by atoms with van der Waals surface area (Å²) < 4.78 is 25.4. The lowest BCUT2D eigenvalue weighted by atomic mass is 10.2. The number of rotatable bonds is 8. The molecule has 0 aliphatic rings. The highest BCUT2D eigenvalue weighted by Gasteiger charge is 2.22. The van der Waals surface area contributed by atoms with E-state index in [2.05, 4.69) is 0 Å². The molecule has 1 rings (SSSR count). The number of aldehydes is 1. The van der Waals surface area contributed by atoms with Gasteiger partial charge in [-0.1, -0.05) is 30.3 Å². The fourth-order valence-electron chi connectivity index (χ4n) is 1.59. The van der Waals surface area contributed by atoms with Crippen LogP contribution >= 0.6 is 0 Å². The minimum atomic E-state index is -3.58. The van der Waals surface area contributed by atoms with Crippen molar-refractivity contribution in [2.24, 2.45) is 0 Å². The van der Waals surface area contributed by atoms with E-state index in [1.807, 2.05) is 0 Å². The average Bonchev–Trinajstić information content (AvgIpc) is 2.34. The molecule has 104 valence electrons. The largest absolute Gasteiger partial charge is 0.302 e. The van der Waals surface area contributed by atoms with E-state index in [9.17, 15) is 18.0 Å².